The van der Waals surface area contributed by atoms with E-state index >= 15 is 0 Å². The Morgan fingerprint density at radius 3 is 2.86 bits per heavy atom. The van der Waals surface area contributed by atoms with Crippen LogP contribution < -0.4 is 0 Å². The largest absolute Gasteiger partial charge is 0.260 e. The highest BCUT2D eigenvalue weighted by Gasteiger charge is 2.49. The third-order valence-corrected chi connectivity index (χ3v) is 5.03. The lowest BCUT2D eigenvalue weighted by Gasteiger charge is -2.28. The highest BCUT2D eigenvalue weighted by molar-refractivity contribution is 5.89. The van der Waals surface area contributed by atoms with E-state index in [9.17, 15) is 0 Å². The number of aryl methyl sites for hydroxylation is 1. The van der Waals surface area contributed by atoms with Gasteiger partial charge < -0.3 is 0 Å². The van der Waals surface area contributed by atoms with Crippen LogP contribution >= 0.6 is 0 Å². The zero-order chi connectivity index (χ0) is 15.2. The molecule has 0 bridgehead atoms. The summed E-state index contributed by atoms with van der Waals surface area (Å²) in [5.41, 5.74) is 7.81. The van der Waals surface area contributed by atoms with Crippen molar-refractivity contribution in [1.29, 1.82) is 0 Å². The van der Waals surface area contributed by atoms with Crippen molar-refractivity contribution < 1.29 is 0 Å². The smallest absolute Gasteiger partial charge is 0.0641 e. The first-order valence-corrected chi connectivity index (χ1v) is 7.87. The molecule has 22 heavy (non-hydrogen) atoms. The number of pyridine rings is 1. The van der Waals surface area contributed by atoms with Gasteiger partial charge in [-0.05, 0) is 53.7 Å². The van der Waals surface area contributed by atoms with Crippen molar-refractivity contribution in [1.82, 2.24) is 4.98 Å². The van der Waals surface area contributed by atoms with Crippen LogP contribution in [0.4, 0.5) is 0 Å². The van der Waals surface area contributed by atoms with Crippen molar-refractivity contribution in [2.45, 2.75) is 25.2 Å². The molecule has 4 rings (SSSR count). The second kappa shape index (κ2) is 4.81. The average Bonchev–Trinajstić information content (AvgIpc) is 3.07. The predicted molar refractivity (Wildman–Crippen MR) is 91.7 cm³/mol. The molecule has 1 aromatic carbocycles. The van der Waals surface area contributed by atoms with Crippen LogP contribution in [0.15, 0.2) is 73.0 Å². The van der Waals surface area contributed by atoms with Crippen molar-refractivity contribution in [2.75, 3.05) is 0 Å². The van der Waals surface area contributed by atoms with Crippen LogP contribution in [-0.2, 0) is 11.8 Å². The van der Waals surface area contributed by atoms with Gasteiger partial charge in [-0.25, -0.2) is 0 Å². The van der Waals surface area contributed by atoms with Crippen molar-refractivity contribution in [3.8, 4) is 0 Å². The van der Waals surface area contributed by atoms with Gasteiger partial charge in [0.2, 0.25) is 0 Å². The van der Waals surface area contributed by atoms with E-state index < -0.39 is 0 Å². The fraction of sp³-hybridized carbons (Fsp3) is 0.190. The summed E-state index contributed by atoms with van der Waals surface area (Å²) in [5, 5.41) is 0. The average molecular weight is 285 g/mol. The van der Waals surface area contributed by atoms with Crippen molar-refractivity contribution in [3.05, 3.63) is 95.4 Å². The number of aromatic nitrogens is 1. The summed E-state index contributed by atoms with van der Waals surface area (Å²) in [6.07, 6.45) is 10.5. The Bertz CT molecular complexity index is 825. The Balaban J connectivity index is 2.10. The minimum Gasteiger partial charge on any atom is -0.260 e. The van der Waals surface area contributed by atoms with Gasteiger partial charge in [0, 0.05) is 6.20 Å². The number of hydrogen-bond donors (Lipinski definition) is 0. The Hall–Kier alpha value is -2.41. The lowest BCUT2D eigenvalue weighted by molar-refractivity contribution is 0.606. The Labute approximate surface area is 131 Å². The van der Waals surface area contributed by atoms with Crippen molar-refractivity contribution in [2.24, 2.45) is 0 Å². The van der Waals surface area contributed by atoms with Crippen molar-refractivity contribution >= 4 is 5.57 Å². The van der Waals surface area contributed by atoms with Crippen molar-refractivity contribution in [3.63, 3.8) is 0 Å². The molecule has 0 saturated carbocycles. The normalized spacial score (nSPS) is 22.4. The molecule has 0 amide bonds. The maximum atomic E-state index is 4.78. The van der Waals surface area contributed by atoms with Gasteiger partial charge in [0.1, 0.15) is 0 Å². The number of allylic oxidation sites excluding steroid dienone is 5. The molecule has 1 spiro atoms. The fourth-order valence-electron chi connectivity index (χ4n) is 4.23. The molecule has 0 N–H and O–H groups in total. The second-order valence-corrected chi connectivity index (χ2v) is 5.99. The van der Waals surface area contributed by atoms with E-state index in [2.05, 4.69) is 56.0 Å². The maximum Gasteiger partial charge on any atom is 0.0641 e. The van der Waals surface area contributed by atoms with E-state index in [-0.39, 0.29) is 5.41 Å². The second-order valence-electron chi connectivity index (χ2n) is 5.99. The van der Waals surface area contributed by atoms with Gasteiger partial charge in [0.05, 0.1) is 11.1 Å². The molecule has 1 unspecified atom stereocenters. The van der Waals surface area contributed by atoms with E-state index in [1.165, 1.54) is 33.5 Å². The van der Waals surface area contributed by atoms with Gasteiger partial charge in [0.25, 0.3) is 0 Å². The molecule has 2 aliphatic rings. The lowest BCUT2D eigenvalue weighted by Crippen LogP contribution is -2.25. The molecule has 1 heteroatoms. The van der Waals surface area contributed by atoms with E-state index in [4.69, 9.17) is 4.98 Å². The number of benzene rings is 1. The van der Waals surface area contributed by atoms with Crippen LogP contribution in [0.25, 0.3) is 5.57 Å². The van der Waals surface area contributed by atoms with E-state index in [1.807, 2.05) is 18.3 Å². The molecule has 1 heterocycles. The van der Waals surface area contributed by atoms with Crippen LogP contribution in [0, 0.1) is 0 Å². The first-order chi connectivity index (χ1) is 10.8. The molecule has 0 aliphatic heterocycles. The van der Waals surface area contributed by atoms with Gasteiger partial charge >= 0.3 is 0 Å². The summed E-state index contributed by atoms with van der Waals surface area (Å²) in [6, 6.07) is 13.0. The zero-order valence-corrected chi connectivity index (χ0v) is 12.8. The molecule has 0 saturated heterocycles. The van der Waals surface area contributed by atoms with Crippen LogP contribution in [0.3, 0.4) is 0 Å². The summed E-state index contributed by atoms with van der Waals surface area (Å²) in [7, 11) is 0. The molecule has 1 nitrogen and oxygen atoms in total. The fourth-order valence-corrected chi connectivity index (χ4v) is 4.23. The molecule has 0 radical (unpaired) electrons. The molecule has 2 aliphatic carbocycles. The topological polar surface area (TPSA) is 12.9 Å². The Morgan fingerprint density at radius 1 is 1.18 bits per heavy atom. The third-order valence-electron chi connectivity index (χ3n) is 5.03. The lowest BCUT2D eigenvalue weighted by atomic mass is 9.74. The summed E-state index contributed by atoms with van der Waals surface area (Å²) < 4.78 is 0. The number of hydrogen-bond acceptors (Lipinski definition) is 1. The van der Waals surface area contributed by atoms with Gasteiger partial charge in [-0.3, -0.25) is 4.98 Å². The van der Waals surface area contributed by atoms with E-state index in [1.54, 1.807) is 0 Å². The summed E-state index contributed by atoms with van der Waals surface area (Å²) in [6.45, 7) is 6.20. The Kier molecular flexibility index (Phi) is 2.90. The standard InChI is InChI=1S/C21H19N/c1-3-8-16-17-10-5-6-11-19(17)21(18(16)4-2)13-12-15-9-7-14-22-20(15)21/h3-11,14H,2,12-13H2,1H3/b8-3-. The van der Waals surface area contributed by atoms with Gasteiger partial charge in [-0.15, -0.1) is 0 Å². The van der Waals surface area contributed by atoms with Gasteiger partial charge in [-0.2, -0.15) is 0 Å². The van der Waals surface area contributed by atoms with E-state index in [0.717, 1.165) is 12.8 Å². The number of fused-ring (bicyclic) bond motifs is 4. The molecule has 1 aromatic heterocycles. The third kappa shape index (κ3) is 1.51. The molecule has 2 aromatic rings. The first-order valence-electron chi connectivity index (χ1n) is 7.87. The highest BCUT2D eigenvalue weighted by Crippen LogP contribution is 2.56. The quantitative estimate of drug-likeness (QED) is 0.769. The minimum absolute atomic E-state index is 0.107. The van der Waals surface area contributed by atoms with Gasteiger partial charge in [0.15, 0.2) is 0 Å². The predicted octanol–water partition coefficient (Wildman–Crippen LogP) is 4.84. The number of nitrogens with zero attached hydrogens (tertiary/aromatic N) is 1. The molecular weight excluding hydrogens is 266 g/mol. The SMILES string of the molecule is C=CC1=C(/C=C\C)c2ccccc2C12CCc1cccnc12. The minimum atomic E-state index is -0.107. The molecular formula is C21H19N. The molecule has 1 atom stereocenters. The first kappa shape index (κ1) is 13.3. The van der Waals surface area contributed by atoms with E-state index in [0.29, 0.717) is 0 Å². The maximum absolute atomic E-state index is 4.78. The van der Waals surface area contributed by atoms with Crippen LogP contribution in [0.5, 0.6) is 0 Å². The number of rotatable bonds is 2. The van der Waals surface area contributed by atoms with Crippen LogP contribution in [0.1, 0.15) is 35.7 Å². The monoisotopic (exact) mass is 285 g/mol. The van der Waals surface area contributed by atoms with Crippen LogP contribution in [-0.4, -0.2) is 4.98 Å². The zero-order valence-electron chi connectivity index (χ0n) is 12.8. The summed E-state index contributed by atoms with van der Waals surface area (Å²) >= 11 is 0. The summed E-state index contributed by atoms with van der Waals surface area (Å²) in [4.78, 5) is 4.78. The Morgan fingerprint density at radius 2 is 2.05 bits per heavy atom. The molecule has 108 valence electrons. The highest BCUT2D eigenvalue weighted by atomic mass is 14.7. The van der Waals surface area contributed by atoms with Gasteiger partial charge in [-0.1, -0.05) is 55.1 Å². The van der Waals surface area contributed by atoms with Crippen LogP contribution in [0.2, 0.25) is 0 Å². The molecule has 0 fully saturated rings. The summed E-state index contributed by atoms with van der Waals surface area (Å²) in [5.74, 6) is 0.